The van der Waals surface area contributed by atoms with Crippen molar-refractivity contribution in [1.82, 2.24) is 14.5 Å². The number of aliphatic hydroxyl groups excluding tert-OH is 2. The number of nitrogens with one attached hydrogen (secondary N) is 1. The van der Waals surface area contributed by atoms with Crippen molar-refractivity contribution in [2.24, 2.45) is 0 Å². The van der Waals surface area contributed by atoms with Crippen LogP contribution in [0.1, 0.15) is 11.1 Å². The highest BCUT2D eigenvalue weighted by Crippen LogP contribution is 2.31. The highest BCUT2D eigenvalue weighted by molar-refractivity contribution is 5.93. The van der Waals surface area contributed by atoms with Crippen LogP contribution in [0.25, 0.3) is 28.0 Å². The van der Waals surface area contributed by atoms with E-state index in [1.807, 2.05) is 32.0 Å². The molecule has 2 heterocycles. The lowest BCUT2D eigenvalue weighted by Gasteiger charge is -2.18. The second-order valence-electron chi connectivity index (χ2n) is 7.74. The van der Waals surface area contributed by atoms with Gasteiger partial charge in [-0.1, -0.05) is 29.8 Å². The summed E-state index contributed by atoms with van der Waals surface area (Å²) >= 11 is 0. The van der Waals surface area contributed by atoms with E-state index in [-0.39, 0.29) is 11.6 Å². The zero-order valence-corrected chi connectivity index (χ0v) is 18.0. The lowest BCUT2D eigenvalue weighted by molar-refractivity contribution is 0.203. The summed E-state index contributed by atoms with van der Waals surface area (Å²) in [5, 5.41) is 22.2. The van der Waals surface area contributed by atoms with E-state index in [1.54, 1.807) is 0 Å². The molecule has 0 bridgehead atoms. The lowest BCUT2D eigenvalue weighted by atomic mass is 10.0. The van der Waals surface area contributed by atoms with Crippen molar-refractivity contribution in [3.05, 3.63) is 81.6 Å². The first-order valence-electron chi connectivity index (χ1n) is 10.3. The summed E-state index contributed by atoms with van der Waals surface area (Å²) in [6.45, 7) is 3.05. The van der Waals surface area contributed by atoms with Crippen LogP contribution >= 0.6 is 0 Å². The molecule has 4 aromatic rings. The average molecular weight is 452 g/mol. The Bertz CT molecular complexity index is 1380. The van der Waals surface area contributed by atoms with Crippen molar-refractivity contribution in [3.63, 3.8) is 0 Å². The van der Waals surface area contributed by atoms with E-state index in [4.69, 9.17) is 0 Å². The number of pyridine rings is 1. The monoisotopic (exact) mass is 452 g/mol. The van der Waals surface area contributed by atoms with E-state index in [1.165, 1.54) is 18.2 Å². The number of aryl methyl sites for hydroxylation is 2. The summed E-state index contributed by atoms with van der Waals surface area (Å²) < 4.78 is 30.2. The Kier molecular flexibility index (Phi) is 6.17. The predicted molar refractivity (Wildman–Crippen MR) is 122 cm³/mol. The number of hydrogen-bond acceptors (Lipinski definition) is 6. The third-order valence-corrected chi connectivity index (χ3v) is 5.32. The number of halogens is 2. The maximum Gasteiger partial charge on any atom is 0.256 e. The van der Waals surface area contributed by atoms with Gasteiger partial charge in [0.2, 0.25) is 5.95 Å². The molecule has 33 heavy (non-hydrogen) atoms. The van der Waals surface area contributed by atoms with E-state index in [0.717, 1.165) is 33.4 Å². The maximum atomic E-state index is 14.7. The topological polar surface area (TPSA) is 100 Å². The smallest absolute Gasteiger partial charge is 0.256 e. The fourth-order valence-electron chi connectivity index (χ4n) is 3.71. The molecular weight excluding hydrogens is 430 g/mol. The average Bonchev–Trinajstić information content (AvgIpc) is 2.78. The Labute approximate surface area is 188 Å². The molecule has 2 aromatic carbocycles. The number of aromatic nitrogens is 3. The van der Waals surface area contributed by atoms with Gasteiger partial charge in [-0.05, 0) is 37.6 Å². The Balaban J connectivity index is 2.10. The first-order chi connectivity index (χ1) is 15.8. The minimum atomic E-state index is -0.922. The standard InChI is InChI=1S/C24H22F2N4O3/c1-13-6-7-16(14(2)10-13)21-17-8-9-20(33)30(22-18(25)4-3-5-19(22)26)23(17)29-24(28-21)27-15(11-31)12-32/h3-10,15,31-32H,11-12H2,1-2H3,(H,27,28,29). The fraction of sp³-hybridized carbons (Fsp3) is 0.208. The number of para-hydroxylation sites is 1. The first-order valence-corrected chi connectivity index (χ1v) is 10.3. The molecule has 0 aliphatic rings. The SMILES string of the molecule is Cc1ccc(-c2nc(NC(CO)CO)nc3c2ccc(=O)n3-c2c(F)cccc2F)c(C)c1. The minimum Gasteiger partial charge on any atom is -0.394 e. The van der Waals surface area contributed by atoms with Crippen LogP contribution < -0.4 is 10.9 Å². The molecule has 2 aromatic heterocycles. The van der Waals surface area contributed by atoms with E-state index in [2.05, 4.69) is 15.3 Å². The molecular formula is C24H22F2N4O3. The molecule has 4 rings (SSSR count). The van der Waals surface area contributed by atoms with Crippen LogP contribution in [0, 0.1) is 25.5 Å². The summed E-state index contributed by atoms with van der Waals surface area (Å²) in [4.78, 5) is 21.7. The van der Waals surface area contributed by atoms with E-state index in [9.17, 15) is 23.8 Å². The molecule has 0 amide bonds. The molecule has 7 nitrogen and oxygen atoms in total. The van der Waals surface area contributed by atoms with Gasteiger partial charge < -0.3 is 15.5 Å². The zero-order valence-electron chi connectivity index (χ0n) is 18.0. The van der Waals surface area contributed by atoms with E-state index < -0.39 is 42.1 Å². The van der Waals surface area contributed by atoms with Gasteiger partial charge in [-0.2, -0.15) is 4.98 Å². The Hall–Kier alpha value is -3.69. The molecule has 0 atom stereocenters. The quantitative estimate of drug-likeness (QED) is 0.416. The van der Waals surface area contributed by atoms with Gasteiger partial charge in [0.25, 0.3) is 5.56 Å². The molecule has 0 fully saturated rings. The first kappa shape index (κ1) is 22.5. The summed E-state index contributed by atoms with van der Waals surface area (Å²) in [5.74, 6) is -1.86. The number of aliphatic hydroxyl groups is 2. The molecule has 0 saturated carbocycles. The van der Waals surface area contributed by atoms with Gasteiger partial charge >= 0.3 is 0 Å². The second-order valence-corrected chi connectivity index (χ2v) is 7.74. The molecule has 9 heteroatoms. The van der Waals surface area contributed by atoms with Crippen molar-refractivity contribution in [3.8, 4) is 16.9 Å². The Morgan fingerprint density at radius 1 is 1.00 bits per heavy atom. The normalized spacial score (nSPS) is 11.4. The summed E-state index contributed by atoms with van der Waals surface area (Å²) in [6.07, 6.45) is 0. The Morgan fingerprint density at radius 3 is 2.33 bits per heavy atom. The fourth-order valence-corrected chi connectivity index (χ4v) is 3.71. The van der Waals surface area contributed by atoms with E-state index in [0.29, 0.717) is 11.1 Å². The van der Waals surface area contributed by atoms with Gasteiger partial charge in [0, 0.05) is 17.0 Å². The summed E-state index contributed by atoms with van der Waals surface area (Å²) in [7, 11) is 0. The highest BCUT2D eigenvalue weighted by atomic mass is 19.1. The van der Waals surface area contributed by atoms with Crippen LogP contribution in [0.2, 0.25) is 0 Å². The van der Waals surface area contributed by atoms with Crippen LogP contribution in [0.3, 0.4) is 0 Å². The predicted octanol–water partition coefficient (Wildman–Crippen LogP) is 3.11. The number of nitrogens with zero attached hydrogens (tertiary/aromatic N) is 3. The number of fused-ring (bicyclic) bond motifs is 1. The van der Waals surface area contributed by atoms with Gasteiger partial charge in [0.1, 0.15) is 17.3 Å². The highest BCUT2D eigenvalue weighted by Gasteiger charge is 2.21. The van der Waals surface area contributed by atoms with Crippen molar-refractivity contribution >= 4 is 17.0 Å². The third kappa shape index (κ3) is 4.20. The van der Waals surface area contributed by atoms with Crippen molar-refractivity contribution in [2.75, 3.05) is 18.5 Å². The van der Waals surface area contributed by atoms with Gasteiger partial charge in [0.05, 0.1) is 24.9 Å². The summed E-state index contributed by atoms with van der Waals surface area (Å²) in [5.41, 5.74) is 1.86. The van der Waals surface area contributed by atoms with Crippen LogP contribution in [0.4, 0.5) is 14.7 Å². The molecule has 0 saturated heterocycles. The number of anilines is 1. The van der Waals surface area contributed by atoms with Crippen LogP contribution in [-0.4, -0.2) is 44.0 Å². The molecule has 0 aliphatic carbocycles. The molecule has 0 unspecified atom stereocenters. The van der Waals surface area contributed by atoms with Crippen LogP contribution in [-0.2, 0) is 0 Å². The maximum absolute atomic E-state index is 14.7. The van der Waals surface area contributed by atoms with E-state index >= 15 is 0 Å². The van der Waals surface area contributed by atoms with Gasteiger partial charge in [-0.25, -0.2) is 13.8 Å². The Morgan fingerprint density at radius 2 is 1.70 bits per heavy atom. The van der Waals surface area contributed by atoms with Gasteiger partial charge in [-0.15, -0.1) is 0 Å². The van der Waals surface area contributed by atoms with Crippen molar-refractivity contribution < 1.29 is 19.0 Å². The zero-order chi connectivity index (χ0) is 23.7. The molecule has 170 valence electrons. The number of hydrogen-bond donors (Lipinski definition) is 3. The lowest BCUT2D eigenvalue weighted by Crippen LogP contribution is -2.29. The second kappa shape index (κ2) is 9.05. The largest absolute Gasteiger partial charge is 0.394 e. The third-order valence-electron chi connectivity index (χ3n) is 5.32. The van der Waals surface area contributed by atoms with Gasteiger partial charge in [0.15, 0.2) is 5.65 Å². The van der Waals surface area contributed by atoms with Gasteiger partial charge in [-0.3, -0.25) is 9.36 Å². The minimum absolute atomic E-state index is 0.0123. The van der Waals surface area contributed by atoms with Crippen molar-refractivity contribution in [2.45, 2.75) is 19.9 Å². The molecule has 0 spiro atoms. The number of benzene rings is 2. The van der Waals surface area contributed by atoms with Crippen LogP contribution in [0.5, 0.6) is 0 Å². The molecule has 0 radical (unpaired) electrons. The summed E-state index contributed by atoms with van der Waals surface area (Å²) in [6, 6.07) is 11.0. The number of rotatable bonds is 6. The van der Waals surface area contributed by atoms with Crippen molar-refractivity contribution in [1.29, 1.82) is 0 Å². The molecule has 3 N–H and O–H groups in total. The van der Waals surface area contributed by atoms with Crippen LogP contribution in [0.15, 0.2) is 53.3 Å². The molecule has 0 aliphatic heterocycles.